The van der Waals surface area contributed by atoms with Crippen LogP contribution in [0.5, 0.6) is 0 Å². The molecule has 1 amide bonds. The summed E-state index contributed by atoms with van der Waals surface area (Å²) in [5, 5.41) is 14.1. The van der Waals surface area contributed by atoms with Gasteiger partial charge in [0.1, 0.15) is 6.33 Å². The highest BCUT2D eigenvalue weighted by Gasteiger charge is 2.27. The third-order valence-electron chi connectivity index (χ3n) is 4.29. The number of rotatable bonds is 5. The van der Waals surface area contributed by atoms with E-state index in [0.717, 1.165) is 22.8 Å². The summed E-state index contributed by atoms with van der Waals surface area (Å²) in [7, 11) is 0. The highest BCUT2D eigenvalue weighted by Crippen LogP contribution is 2.19. The van der Waals surface area contributed by atoms with E-state index in [-0.39, 0.29) is 12.0 Å². The largest absolute Gasteiger partial charge is 0.370 e. The van der Waals surface area contributed by atoms with Gasteiger partial charge in [-0.3, -0.25) is 4.79 Å². The van der Waals surface area contributed by atoms with E-state index in [2.05, 4.69) is 20.5 Å². The fraction of sp³-hybridized carbons (Fsp3) is 0.353. The number of nitrogens with zero attached hydrogens (tertiary/aromatic N) is 6. The highest BCUT2D eigenvalue weighted by molar-refractivity contribution is 7.09. The predicted molar refractivity (Wildman–Crippen MR) is 95.1 cm³/mol. The van der Waals surface area contributed by atoms with Crippen molar-refractivity contribution >= 4 is 17.2 Å². The Morgan fingerprint density at radius 3 is 2.88 bits per heavy atom. The van der Waals surface area contributed by atoms with Crippen molar-refractivity contribution in [3.63, 3.8) is 0 Å². The lowest BCUT2D eigenvalue weighted by molar-refractivity contribution is 0.0424. The molecule has 1 fully saturated rings. The molecule has 0 aliphatic carbocycles. The monoisotopic (exact) mass is 370 g/mol. The summed E-state index contributed by atoms with van der Waals surface area (Å²) in [6, 6.07) is 7.26. The van der Waals surface area contributed by atoms with Crippen LogP contribution in [0.15, 0.2) is 36.0 Å². The molecule has 4 rings (SSSR count). The van der Waals surface area contributed by atoms with Crippen molar-refractivity contribution in [1.29, 1.82) is 0 Å². The molecule has 3 heterocycles. The Morgan fingerprint density at radius 1 is 1.35 bits per heavy atom. The van der Waals surface area contributed by atoms with Gasteiger partial charge in [-0.25, -0.2) is 9.67 Å². The minimum Gasteiger partial charge on any atom is -0.370 e. The molecular formula is C17H18N6O2S. The topological polar surface area (TPSA) is 86.0 Å². The molecule has 8 nitrogen and oxygen atoms in total. The molecule has 0 radical (unpaired) electrons. The number of thiazole rings is 1. The van der Waals surface area contributed by atoms with Crippen LogP contribution < -0.4 is 0 Å². The molecule has 0 spiro atoms. The molecule has 1 atom stereocenters. The number of likely N-dealkylation sites (tertiary alicyclic amines) is 1. The zero-order valence-electron chi connectivity index (χ0n) is 14.3. The maximum Gasteiger partial charge on any atom is 0.253 e. The number of tetrazole rings is 1. The van der Waals surface area contributed by atoms with E-state index >= 15 is 0 Å². The zero-order valence-corrected chi connectivity index (χ0v) is 15.1. The molecular weight excluding hydrogens is 352 g/mol. The number of carbonyl (C=O) groups is 1. The van der Waals surface area contributed by atoms with Gasteiger partial charge in [0, 0.05) is 24.0 Å². The minimum atomic E-state index is 0.0175. The summed E-state index contributed by atoms with van der Waals surface area (Å²) >= 11 is 1.62. The molecule has 2 aromatic heterocycles. The van der Waals surface area contributed by atoms with Gasteiger partial charge in [-0.05, 0) is 48.0 Å². The van der Waals surface area contributed by atoms with Crippen molar-refractivity contribution in [2.45, 2.75) is 26.1 Å². The highest BCUT2D eigenvalue weighted by atomic mass is 32.1. The van der Waals surface area contributed by atoms with Gasteiger partial charge in [0.2, 0.25) is 0 Å². The van der Waals surface area contributed by atoms with Crippen molar-refractivity contribution < 1.29 is 9.53 Å². The Balaban J connectivity index is 1.33. The second-order valence-corrected chi connectivity index (χ2v) is 7.19. The number of ether oxygens (including phenoxy) is 1. The fourth-order valence-corrected chi connectivity index (χ4v) is 3.54. The van der Waals surface area contributed by atoms with Crippen molar-refractivity contribution in [3.05, 3.63) is 52.2 Å². The van der Waals surface area contributed by atoms with Gasteiger partial charge in [0.15, 0.2) is 0 Å². The minimum absolute atomic E-state index is 0.0175. The van der Waals surface area contributed by atoms with Crippen molar-refractivity contribution in [2.24, 2.45) is 0 Å². The lowest BCUT2D eigenvalue weighted by Gasteiger charge is -2.17. The molecule has 0 N–H and O–H groups in total. The first-order valence-corrected chi connectivity index (χ1v) is 9.22. The van der Waals surface area contributed by atoms with Gasteiger partial charge in [0.25, 0.3) is 5.91 Å². The van der Waals surface area contributed by atoms with Crippen molar-refractivity contribution in [1.82, 2.24) is 30.1 Å². The molecule has 3 aromatic rings. The first-order valence-electron chi connectivity index (χ1n) is 8.34. The van der Waals surface area contributed by atoms with Crippen LogP contribution in [0.4, 0.5) is 0 Å². The summed E-state index contributed by atoms with van der Waals surface area (Å²) < 4.78 is 7.46. The SMILES string of the molecule is Cc1nc(COC2CCN(C(=O)c3ccc(-n4cnnn4)cc3)C2)cs1. The number of aryl methyl sites for hydroxylation is 1. The summed E-state index contributed by atoms with van der Waals surface area (Å²) in [4.78, 5) is 18.9. The summed E-state index contributed by atoms with van der Waals surface area (Å²) in [6.45, 7) is 3.79. The van der Waals surface area contributed by atoms with Gasteiger partial charge >= 0.3 is 0 Å². The lowest BCUT2D eigenvalue weighted by Crippen LogP contribution is -2.30. The van der Waals surface area contributed by atoms with E-state index in [1.54, 1.807) is 28.2 Å². The molecule has 9 heteroatoms. The van der Waals surface area contributed by atoms with Gasteiger partial charge in [-0.2, -0.15) is 0 Å². The number of aromatic nitrogens is 5. The number of hydrogen-bond donors (Lipinski definition) is 0. The first kappa shape index (κ1) is 16.8. The molecule has 26 heavy (non-hydrogen) atoms. The van der Waals surface area contributed by atoms with E-state index in [0.29, 0.717) is 25.3 Å². The van der Waals surface area contributed by atoms with Gasteiger partial charge in [-0.1, -0.05) is 0 Å². The third kappa shape index (κ3) is 3.63. The Labute approximate surface area is 154 Å². The maximum atomic E-state index is 12.7. The quantitative estimate of drug-likeness (QED) is 0.681. The number of carbonyl (C=O) groups excluding carboxylic acids is 1. The van der Waals surface area contributed by atoms with E-state index in [4.69, 9.17) is 4.74 Å². The van der Waals surface area contributed by atoms with Gasteiger partial charge < -0.3 is 9.64 Å². The van der Waals surface area contributed by atoms with Gasteiger partial charge in [-0.15, -0.1) is 16.4 Å². The molecule has 1 saturated heterocycles. The average molecular weight is 370 g/mol. The lowest BCUT2D eigenvalue weighted by atomic mass is 10.2. The zero-order chi connectivity index (χ0) is 17.9. The summed E-state index contributed by atoms with van der Waals surface area (Å²) in [5.74, 6) is 0.0175. The van der Waals surface area contributed by atoms with Crippen LogP contribution in [0.25, 0.3) is 5.69 Å². The second kappa shape index (κ2) is 7.30. The molecule has 134 valence electrons. The fourth-order valence-electron chi connectivity index (χ4n) is 2.95. The van der Waals surface area contributed by atoms with Crippen LogP contribution in [0.3, 0.4) is 0 Å². The third-order valence-corrected chi connectivity index (χ3v) is 5.12. The Morgan fingerprint density at radius 2 is 2.19 bits per heavy atom. The van der Waals surface area contributed by atoms with Crippen LogP contribution in [-0.2, 0) is 11.3 Å². The molecule has 1 aliphatic rings. The maximum absolute atomic E-state index is 12.7. The summed E-state index contributed by atoms with van der Waals surface area (Å²) in [5.41, 5.74) is 2.42. The van der Waals surface area contributed by atoms with E-state index in [1.807, 2.05) is 29.3 Å². The number of benzene rings is 1. The van der Waals surface area contributed by atoms with Crippen LogP contribution in [0.2, 0.25) is 0 Å². The second-order valence-electron chi connectivity index (χ2n) is 6.13. The predicted octanol–water partition coefficient (Wildman–Crippen LogP) is 1.86. The smallest absolute Gasteiger partial charge is 0.253 e. The molecule has 1 aromatic carbocycles. The molecule has 0 bridgehead atoms. The van der Waals surface area contributed by atoms with Crippen LogP contribution in [0.1, 0.15) is 27.5 Å². The summed E-state index contributed by atoms with van der Waals surface area (Å²) in [6.07, 6.45) is 2.42. The number of hydrogen-bond acceptors (Lipinski definition) is 7. The first-order chi connectivity index (χ1) is 12.7. The van der Waals surface area contributed by atoms with Crippen LogP contribution in [-0.4, -0.2) is 55.2 Å². The van der Waals surface area contributed by atoms with E-state index in [1.165, 1.54) is 6.33 Å². The molecule has 0 saturated carbocycles. The van der Waals surface area contributed by atoms with Crippen LogP contribution >= 0.6 is 11.3 Å². The van der Waals surface area contributed by atoms with Crippen LogP contribution in [0, 0.1) is 6.92 Å². The standard InChI is InChI=1S/C17H18N6O2S/c1-12-19-14(10-26-12)9-25-16-6-7-22(8-16)17(24)13-2-4-15(5-3-13)23-11-18-20-21-23/h2-5,10-11,16H,6-9H2,1H3. The number of amides is 1. The van der Waals surface area contributed by atoms with E-state index in [9.17, 15) is 4.79 Å². The molecule has 1 unspecified atom stereocenters. The Hall–Kier alpha value is -2.65. The van der Waals surface area contributed by atoms with Crippen molar-refractivity contribution in [3.8, 4) is 5.69 Å². The van der Waals surface area contributed by atoms with Crippen molar-refractivity contribution in [2.75, 3.05) is 13.1 Å². The Kier molecular flexibility index (Phi) is 4.72. The van der Waals surface area contributed by atoms with E-state index < -0.39 is 0 Å². The Bertz CT molecular complexity index is 877. The normalized spacial score (nSPS) is 17.0. The average Bonchev–Trinajstić information content (AvgIpc) is 3.41. The molecule has 1 aliphatic heterocycles. The van der Waals surface area contributed by atoms with Gasteiger partial charge in [0.05, 0.1) is 29.1 Å².